The molecule has 0 saturated carbocycles. The van der Waals surface area contributed by atoms with Crippen molar-refractivity contribution in [3.8, 4) is 5.75 Å². The summed E-state index contributed by atoms with van der Waals surface area (Å²) in [4.78, 5) is 0. The normalized spacial score (nSPS) is 12.5. The summed E-state index contributed by atoms with van der Waals surface area (Å²) >= 11 is 1.34. The summed E-state index contributed by atoms with van der Waals surface area (Å²) in [6.07, 6.45) is -3.31. The first-order valence-electron chi connectivity index (χ1n) is 6.81. The Morgan fingerprint density at radius 2 is 1.75 bits per heavy atom. The van der Waals surface area contributed by atoms with E-state index in [9.17, 15) is 13.2 Å². The highest BCUT2D eigenvalue weighted by molar-refractivity contribution is 8.13. The van der Waals surface area contributed by atoms with E-state index in [2.05, 4.69) is 14.9 Å². The van der Waals surface area contributed by atoms with E-state index in [0.29, 0.717) is 16.5 Å². The smallest absolute Gasteiger partial charge is 0.406 e. The van der Waals surface area contributed by atoms with Gasteiger partial charge in [-0.1, -0.05) is 42.1 Å². The van der Waals surface area contributed by atoms with Gasteiger partial charge in [-0.2, -0.15) is 5.10 Å². The largest absolute Gasteiger partial charge is 0.573 e. The quantitative estimate of drug-likeness (QED) is 0.499. The maximum atomic E-state index is 12.0. The van der Waals surface area contributed by atoms with Gasteiger partial charge in [0.25, 0.3) is 0 Å². The third-order valence-corrected chi connectivity index (χ3v) is 3.56. The van der Waals surface area contributed by atoms with Crippen molar-refractivity contribution in [2.24, 2.45) is 15.9 Å². The summed E-state index contributed by atoms with van der Waals surface area (Å²) in [6, 6.07) is 15.0. The number of halogens is 3. The highest BCUT2D eigenvalue weighted by Crippen LogP contribution is 2.22. The number of alkyl halides is 3. The number of thioether (sulfide) groups is 1. The molecule has 0 saturated heterocycles. The molecule has 0 aliphatic heterocycles. The van der Waals surface area contributed by atoms with Gasteiger partial charge in [0.15, 0.2) is 5.17 Å². The lowest BCUT2D eigenvalue weighted by Gasteiger charge is -2.08. The molecule has 0 fully saturated rings. The Bertz CT molecular complexity index is 701. The molecule has 2 rings (SSSR count). The molecule has 4 nitrogen and oxygen atoms in total. The zero-order valence-electron chi connectivity index (χ0n) is 12.4. The predicted molar refractivity (Wildman–Crippen MR) is 90.1 cm³/mol. The van der Waals surface area contributed by atoms with Crippen LogP contribution < -0.4 is 10.5 Å². The van der Waals surface area contributed by atoms with Gasteiger partial charge in [0.05, 0.1) is 6.21 Å². The Hall–Kier alpha value is -2.48. The molecule has 0 heterocycles. The van der Waals surface area contributed by atoms with Crippen molar-refractivity contribution in [1.29, 1.82) is 0 Å². The molecular weight excluding hydrogens is 339 g/mol. The topological polar surface area (TPSA) is 60.0 Å². The van der Waals surface area contributed by atoms with Gasteiger partial charge >= 0.3 is 6.36 Å². The van der Waals surface area contributed by atoms with E-state index in [1.807, 2.05) is 30.3 Å². The van der Waals surface area contributed by atoms with E-state index >= 15 is 0 Å². The molecule has 2 N–H and O–H groups in total. The Labute approximate surface area is 141 Å². The van der Waals surface area contributed by atoms with Gasteiger partial charge in [0.2, 0.25) is 0 Å². The van der Waals surface area contributed by atoms with Crippen LogP contribution in [0.15, 0.2) is 64.8 Å². The second kappa shape index (κ2) is 8.39. The Morgan fingerprint density at radius 3 is 2.38 bits per heavy atom. The fraction of sp³-hybridized carbons (Fsp3) is 0.125. The molecule has 0 atom stereocenters. The van der Waals surface area contributed by atoms with Crippen LogP contribution in [0.4, 0.5) is 13.2 Å². The summed E-state index contributed by atoms with van der Waals surface area (Å²) in [5.74, 6) is 0.385. The molecule has 24 heavy (non-hydrogen) atoms. The van der Waals surface area contributed by atoms with E-state index in [0.717, 1.165) is 5.56 Å². The number of ether oxygens (including phenoxy) is 1. The van der Waals surface area contributed by atoms with Crippen molar-refractivity contribution in [2.75, 3.05) is 0 Å². The standard InChI is InChI=1S/C16H14F3N3OS/c17-16(18,19)23-14-8-6-12(7-9-14)10-21-22-15(20)24-11-13-4-2-1-3-5-13/h1-10H,11H2,(H2,20,22). The molecule has 0 unspecified atom stereocenters. The Kier molecular flexibility index (Phi) is 6.25. The second-order valence-corrected chi connectivity index (χ2v) is 5.57. The lowest BCUT2D eigenvalue weighted by Crippen LogP contribution is -2.16. The molecular formula is C16H14F3N3OS. The van der Waals surface area contributed by atoms with Gasteiger partial charge in [-0.05, 0) is 35.4 Å². The summed E-state index contributed by atoms with van der Waals surface area (Å²) < 4.78 is 39.9. The summed E-state index contributed by atoms with van der Waals surface area (Å²) in [7, 11) is 0. The third kappa shape index (κ3) is 6.74. The van der Waals surface area contributed by atoms with Gasteiger partial charge in [-0.15, -0.1) is 18.3 Å². The number of rotatable bonds is 5. The van der Waals surface area contributed by atoms with Crippen LogP contribution in [0.3, 0.4) is 0 Å². The average Bonchev–Trinajstić information content (AvgIpc) is 2.54. The van der Waals surface area contributed by atoms with Crippen LogP contribution in [0.2, 0.25) is 0 Å². The maximum absolute atomic E-state index is 12.0. The molecule has 0 spiro atoms. The van der Waals surface area contributed by atoms with Gasteiger partial charge in [0, 0.05) is 5.75 Å². The predicted octanol–water partition coefficient (Wildman–Crippen LogP) is 4.17. The summed E-state index contributed by atoms with van der Waals surface area (Å²) in [6.45, 7) is 0. The first kappa shape index (κ1) is 17.9. The number of nitrogens with zero attached hydrogens (tertiary/aromatic N) is 2. The molecule has 0 aliphatic carbocycles. The summed E-state index contributed by atoms with van der Waals surface area (Å²) in [5.41, 5.74) is 7.43. The Morgan fingerprint density at radius 1 is 1.08 bits per heavy atom. The lowest BCUT2D eigenvalue weighted by atomic mass is 10.2. The minimum absolute atomic E-state index is 0.291. The minimum Gasteiger partial charge on any atom is -0.406 e. The van der Waals surface area contributed by atoms with E-state index in [-0.39, 0.29) is 5.75 Å². The number of benzene rings is 2. The monoisotopic (exact) mass is 353 g/mol. The van der Waals surface area contributed by atoms with E-state index < -0.39 is 6.36 Å². The number of amidine groups is 1. The van der Waals surface area contributed by atoms with Crippen LogP contribution in [0.5, 0.6) is 5.75 Å². The average molecular weight is 353 g/mol. The molecule has 0 bridgehead atoms. The molecule has 126 valence electrons. The van der Waals surface area contributed by atoms with Crippen molar-refractivity contribution < 1.29 is 17.9 Å². The number of hydrogen-bond donors (Lipinski definition) is 1. The second-order valence-electron chi connectivity index (χ2n) is 4.57. The zero-order chi connectivity index (χ0) is 17.4. The van der Waals surface area contributed by atoms with Gasteiger partial charge in [0.1, 0.15) is 5.75 Å². The first-order valence-corrected chi connectivity index (χ1v) is 7.80. The van der Waals surface area contributed by atoms with Gasteiger partial charge in [-0.3, -0.25) is 0 Å². The first-order chi connectivity index (χ1) is 11.4. The van der Waals surface area contributed by atoms with E-state index in [1.54, 1.807) is 0 Å². The fourth-order valence-electron chi connectivity index (χ4n) is 1.67. The SMILES string of the molecule is NC(=NN=Cc1ccc(OC(F)(F)F)cc1)SCc1ccccc1. The van der Waals surface area contributed by atoms with E-state index in [1.165, 1.54) is 42.2 Å². The molecule has 0 aromatic heterocycles. The summed E-state index contributed by atoms with van der Waals surface area (Å²) in [5, 5.41) is 7.94. The van der Waals surface area contributed by atoms with Crippen LogP contribution >= 0.6 is 11.8 Å². The highest BCUT2D eigenvalue weighted by Gasteiger charge is 2.30. The molecule has 0 aliphatic rings. The molecule has 0 amide bonds. The minimum atomic E-state index is -4.70. The van der Waals surface area contributed by atoms with E-state index in [4.69, 9.17) is 5.73 Å². The van der Waals surface area contributed by atoms with Crippen LogP contribution in [-0.4, -0.2) is 17.7 Å². The van der Waals surface area contributed by atoms with Crippen LogP contribution in [0.1, 0.15) is 11.1 Å². The van der Waals surface area contributed by atoms with Gasteiger partial charge < -0.3 is 10.5 Å². The number of hydrogen-bond acceptors (Lipinski definition) is 4. The van der Waals surface area contributed by atoms with Crippen LogP contribution in [0.25, 0.3) is 0 Å². The molecule has 2 aromatic carbocycles. The third-order valence-electron chi connectivity index (χ3n) is 2.71. The molecule has 0 radical (unpaired) electrons. The Balaban J connectivity index is 1.86. The zero-order valence-corrected chi connectivity index (χ0v) is 13.2. The van der Waals surface area contributed by atoms with Crippen molar-refractivity contribution >= 4 is 23.1 Å². The fourth-order valence-corrected chi connectivity index (χ4v) is 2.28. The van der Waals surface area contributed by atoms with Crippen molar-refractivity contribution in [3.63, 3.8) is 0 Å². The van der Waals surface area contributed by atoms with Gasteiger partial charge in [-0.25, -0.2) is 0 Å². The van der Waals surface area contributed by atoms with Crippen molar-refractivity contribution in [1.82, 2.24) is 0 Å². The highest BCUT2D eigenvalue weighted by atomic mass is 32.2. The lowest BCUT2D eigenvalue weighted by molar-refractivity contribution is -0.274. The van der Waals surface area contributed by atoms with Crippen molar-refractivity contribution in [2.45, 2.75) is 12.1 Å². The number of nitrogens with two attached hydrogens (primary N) is 1. The van der Waals surface area contributed by atoms with Crippen LogP contribution in [-0.2, 0) is 5.75 Å². The molecule has 2 aromatic rings. The molecule has 8 heteroatoms. The van der Waals surface area contributed by atoms with Crippen LogP contribution in [0, 0.1) is 0 Å². The maximum Gasteiger partial charge on any atom is 0.573 e. The van der Waals surface area contributed by atoms with Crippen molar-refractivity contribution in [3.05, 3.63) is 65.7 Å².